The fourth-order valence-corrected chi connectivity index (χ4v) is 1.64. The number of hydrogen-bond acceptors (Lipinski definition) is 6. The molecule has 0 aliphatic rings. The van der Waals surface area contributed by atoms with Gasteiger partial charge in [0.1, 0.15) is 0 Å². The third-order valence-corrected chi connectivity index (χ3v) is 2.96. The Bertz CT molecular complexity index is 674. The molecule has 1 amide bonds. The van der Waals surface area contributed by atoms with Gasteiger partial charge in [0, 0.05) is 11.0 Å². The Labute approximate surface area is 128 Å². The third kappa shape index (κ3) is 3.36. The van der Waals surface area contributed by atoms with E-state index in [1.807, 2.05) is 0 Å². The summed E-state index contributed by atoms with van der Waals surface area (Å²) in [7, 11) is 3.11. The van der Waals surface area contributed by atoms with Gasteiger partial charge in [-0.15, -0.1) is 5.10 Å². The maximum Gasteiger partial charge on any atom is 0.322 e. The zero-order valence-corrected chi connectivity index (χ0v) is 13.3. The molecule has 1 aromatic carbocycles. The molecule has 0 bridgehead atoms. The van der Waals surface area contributed by atoms with Crippen molar-refractivity contribution in [2.45, 2.75) is 20.8 Å². The van der Waals surface area contributed by atoms with Crippen molar-refractivity contribution in [2.75, 3.05) is 19.5 Å². The zero-order chi connectivity index (χ0) is 16.3. The van der Waals surface area contributed by atoms with E-state index in [1.165, 1.54) is 0 Å². The number of nitrogens with one attached hydrogen (secondary N) is 1. The summed E-state index contributed by atoms with van der Waals surface area (Å²) in [5.41, 5.74) is 0.124. The van der Waals surface area contributed by atoms with E-state index in [9.17, 15) is 4.79 Å². The average molecular weight is 305 g/mol. The van der Waals surface area contributed by atoms with Crippen LogP contribution in [-0.2, 0) is 4.79 Å². The molecule has 2 aromatic rings. The number of carbonyl (C=O) groups is 1. The van der Waals surface area contributed by atoms with Crippen molar-refractivity contribution in [1.82, 2.24) is 10.2 Å². The van der Waals surface area contributed by atoms with Crippen LogP contribution in [0.4, 0.5) is 6.01 Å². The summed E-state index contributed by atoms with van der Waals surface area (Å²) in [4.78, 5) is 11.9. The van der Waals surface area contributed by atoms with Crippen molar-refractivity contribution in [3.05, 3.63) is 18.2 Å². The predicted molar refractivity (Wildman–Crippen MR) is 80.9 cm³/mol. The standard InChI is InChI=1S/C15H19N3O4/c1-15(2,3)13(19)16-14-18-17-12(22-14)9-6-7-10(20-4)11(8-9)21-5/h6-8H,1-5H3,(H,16,18,19). The van der Waals surface area contributed by atoms with Crippen molar-refractivity contribution in [1.29, 1.82) is 0 Å². The third-order valence-electron chi connectivity index (χ3n) is 2.96. The largest absolute Gasteiger partial charge is 0.493 e. The van der Waals surface area contributed by atoms with Crippen LogP contribution in [-0.4, -0.2) is 30.3 Å². The second-order valence-electron chi connectivity index (χ2n) is 5.69. The summed E-state index contributed by atoms with van der Waals surface area (Å²) in [6, 6.07) is 5.29. The number of ether oxygens (including phenoxy) is 2. The van der Waals surface area contributed by atoms with E-state index in [0.717, 1.165) is 0 Å². The first kappa shape index (κ1) is 15.8. The number of rotatable bonds is 4. The lowest BCUT2D eigenvalue weighted by Crippen LogP contribution is -2.27. The normalized spacial score (nSPS) is 11.1. The smallest absolute Gasteiger partial charge is 0.322 e. The molecule has 0 atom stereocenters. The lowest BCUT2D eigenvalue weighted by molar-refractivity contribution is -0.123. The number of methoxy groups -OCH3 is 2. The molecule has 7 heteroatoms. The zero-order valence-electron chi connectivity index (χ0n) is 13.3. The van der Waals surface area contributed by atoms with E-state index in [-0.39, 0.29) is 17.8 Å². The van der Waals surface area contributed by atoms with Gasteiger partial charge in [-0.1, -0.05) is 25.9 Å². The van der Waals surface area contributed by atoms with E-state index in [4.69, 9.17) is 13.9 Å². The molecule has 1 heterocycles. The molecule has 1 N–H and O–H groups in total. The number of aromatic nitrogens is 2. The number of benzene rings is 1. The maximum atomic E-state index is 11.9. The first-order valence-electron chi connectivity index (χ1n) is 6.72. The van der Waals surface area contributed by atoms with Gasteiger partial charge in [-0.25, -0.2) is 0 Å². The molecule has 0 saturated heterocycles. The number of carbonyl (C=O) groups excluding carboxylic acids is 1. The summed E-state index contributed by atoms with van der Waals surface area (Å²) in [6.07, 6.45) is 0. The highest BCUT2D eigenvalue weighted by Crippen LogP contribution is 2.32. The quantitative estimate of drug-likeness (QED) is 0.934. The first-order chi connectivity index (χ1) is 10.3. The molecule has 1 aromatic heterocycles. The summed E-state index contributed by atoms with van der Waals surface area (Å²) >= 11 is 0. The number of nitrogens with zero attached hydrogens (tertiary/aromatic N) is 2. The molecule has 0 unspecified atom stereocenters. The van der Waals surface area contributed by atoms with Crippen LogP contribution in [0.3, 0.4) is 0 Å². The SMILES string of the molecule is COc1ccc(-c2nnc(NC(=O)C(C)(C)C)o2)cc1OC. The predicted octanol–water partition coefficient (Wildman–Crippen LogP) is 2.74. The maximum absolute atomic E-state index is 11.9. The van der Waals surface area contributed by atoms with Gasteiger partial charge in [0.05, 0.1) is 14.2 Å². The highest BCUT2D eigenvalue weighted by molar-refractivity contribution is 5.92. The Morgan fingerprint density at radius 3 is 2.41 bits per heavy atom. The van der Waals surface area contributed by atoms with E-state index in [1.54, 1.807) is 53.2 Å². The van der Waals surface area contributed by atoms with Gasteiger partial charge in [0.25, 0.3) is 0 Å². The molecular formula is C15H19N3O4. The molecule has 0 aliphatic carbocycles. The molecule has 0 radical (unpaired) electrons. The lowest BCUT2D eigenvalue weighted by Gasteiger charge is -2.15. The fraction of sp³-hybridized carbons (Fsp3) is 0.400. The average Bonchev–Trinajstić information content (AvgIpc) is 2.94. The summed E-state index contributed by atoms with van der Waals surface area (Å²) < 4.78 is 15.9. The van der Waals surface area contributed by atoms with Crippen LogP contribution in [0.15, 0.2) is 22.6 Å². The molecule has 7 nitrogen and oxygen atoms in total. The van der Waals surface area contributed by atoms with Crippen LogP contribution in [0.1, 0.15) is 20.8 Å². The number of amides is 1. The van der Waals surface area contributed by atoms with Gasteiger partial charge in [-0.05, 0) is 18.2 Å². The molecule has 0 spiro atoms. The molecule has 2 rings (SSSR count). The van der Waals surface area contributed by atoms with Gasteiger partial charge in [-0.2, -0.15) is 0 Å². The van der Waals surface area contributed by atoms with E-state index in [2.05, 4.69) is 15.5 Å². The molecule has 0 saturated carbocycles. The number of hydrogen-bond donors (Lipinski definition) is 1. The van der Waals surface area contributed by atoms with E-state index in [0.29, 0.717) is 17.1 Å². The van der Waals surface area contributed by atoms with Crippen molar-refractivity contribution in [3.8, 4) is 23.0 Å². The Balaban J connectivity index is 2.23. The lowest BCUT2D eigenvalue weighted by atomic mass is 9.96. The van der Waals surface area contributed by atoms with Crippen molar-refractivity contribution >= 4 is 11.9 Å². The van der Waals surface area contributed by atoms with Crippen LogP contribution in [0.25, 0.3) is 11.5 Å². The van der Waals surface area contributed by atoms with Crippen molar-refractivity contribution in [3.63, 3.8) is 0 Å². The van der Waals surface area contributed by atoms with Gasteiger partial charge in [-0.3, -0.25) is 10.1 Å². The Morgan fingerprint density at radius 1 is 1.14 bits per heavy atom. The second-order valence-corrected chi connectivity index (χ2v) is 5.69. The summed E-state index contributed by atoms with van der Waals surface area (Å²) in [5.74, 6) is 1.24. The minimum atomic E-state index is -0.544. The molecule has 118 valence electrons. The van der Waals surface area contributed by atoms with Crippen LogP contribution in [0, 0.1) is 5.41 Å². The van der Waals surface area contributed by atoms with Crippen LogP contribution >= 0.6 is 0 Å². The van der Waals surface area contributed by atoms with Gasteiger partial charge >= 0.3 is 6.01 Å². The van der Waals surface area contributed by atoms with Gasteiger partial charge in [0.2, 0.25) is 11.8 Å². The Hall–Kier alpha value is -2.57. The van der Waals surface area contributed by atoms with E-state index < -0.39 is 5.41 Å². The summed E-state index contributed by atoms with van der Waals surface area (Å²) in [6.45, 7) is 5.40. The van der Waals surface area contributed by atoms with Gasteiger partial charge in [0.15, 0.2) is 11.5 Å². The summed E-state index contributed by atoms with van der Waals surface area (Å²) in [5, 5.41) is 10.3. The minimum Gasteiger partial charge on any atom is -0.493 e. The van der Waals surface area contributed by atoms with Crippen molar-refractivity contribution in [2.24, 2.45) is 5.41 Å². The molecule has 0 aliphatic heterocycles. The van der Waals surface area contributed by atoms with Crippen LogP contribution in [0.5, 0.6) is 11.5 Å². The topological polar surface area (TPSA) is 86.5 Å². The molecular weight excluding hydrogens is 286 g/mol. The van der Waals surface area contributed by atoms with Crippen LogP contribution < -0.4 is 14.8 Å². The minimum absolute atomic E-state index is 0.0599. The number of anilines is 1. The highest BCUT2D eigenvalue weighted by Gasteiger charge is 2.23. The van der Waals surface area contributed by atoms with Crippen LogP contribution in [0.2, 0.25) is 0 Å². The fourth-order valence-electron chi connectivity index (χ4n) is 1.64. The van der Waals surface area contributed by atoms with E-state index >= 15 is 0 Å². The Morgan fingerprint density at radius 2 is 1.82 bits per heavy atom. The van der Waals surface area contributed by atoms with Crippen molar-refractivity contribution < 1.29 is 18.7 Å². The second kappa shape index (κ2) is 6.05. The molecule has 22 heavy (non-hydrogen) atoms. The molecule has 0 fully saturated rings. The Kier molecular flexibility index (Phi) is 4.35. The monoisotopic (exact) mass is 305 g/mol. The highest BCUT2D eigenvalue weighted by atomic mass is 16.5. The first-order valence-corrected chi connectivity index (χ1v) is 6.72. The van der Waals surface area contributed by atoms with Gasteiger partial charge < -0.3 is 13.9 Å².